The Kier molecular flexibility index (Phi) is 4.72. The van der Waals surface area contributed by atoms with E-state index < -0.39 is 0 Å². The van der Waals surface area contributed by atoms with Crippen LogP contribution in [0.1, 0.15) is 38.2 Å². The van der Waals surface area contributed by atoms with Crippen LogP contribution in [-0.2, 0) is 11.2 Å². The van der Waals surface area contributed by atoms with Crippen LogP contribution in [0.15, 0.2) is 18.2 Å². The SMILES string of the molecule is CCC(N)Cc1cccc(Cl)c1N1CCOC2CCCC21. The van der Waals surface area contributed by atoms with E-state index in [2.05, 4.69) is 17.9 Å². The molecule has 21 heavy (non-hydrogen) atoms. The summed E-state index contributed by atoms with van der Waals surface area (Å²) in [5, 5.41) is 0.850. The minimum Gasteiger partial charge on any atom is -0.374 e. The summed E-state index contributed by atoms with van der Waals surface area (Å²) >= 11 is 6.56. The predicted molar refractivity (Wildman–Crippen MR) is 88.1 cm³/mol. The molecule has 2 fully saturated rings. The van der Waals surface area contributed by atoms with Gasteiger partial charge in [-0.1, -0.05) is 30.7 Å². The number of hydrogen-bond donors (Lipinski definition) is 1. The van der Waals surface area contributed by atoms with Crippen molar-refractivity contribution in [1.29, 1.82) is 0 Å². The number of anilines is 1. The molecule has 0 spiro atoms. The number of para-hydroxylation sites is 1. The first kappa shape index (κ1) is 15.1. The van der Waals surface area contributed by atoms with Gasteiger partial charge in [0.05, 0.1) is 29.5 Å². The molecule has 0 aromatic heterocycles. The summed E-state index contributed by atoms with van der Waals surface area (Å²) in [6, 6.07) is 6.89. The highest BCUT2D eigenvalue weighted by Crippen LogP contribution is 2.38. The number of benzene rings is 1. The van der Waals surface area contributed by atoms with Crippen molar-refractivity contribution in [2.75, 3.05) is 18.1 Å². The Hall–Kier alpha value is -0.770. The fourth-order valence-corrected chi connectivity index (χ4v) is 3.98. The van der Waals surface area contributed by atoms with Crippen LogP contribution in [0.5, 0.6) is 0 Å². The molecule has 3 nitrogen and oxygen atoms in total. The Labute approximate surface area is 132 Å². The molecular weight excluding hydrogens is 284 g/mol. The molecule has 1 saturated heterocycles. The van der Waals surface area contributed by atoms with E-state index >= 15 is 0 Å². The maximum atomic E-state index is 6.56. The average molecular weight is 309 g/mol. The van der Waals surface area contributed by atoms with Crippen LogP contribution in [-0.4, -0.2) is 31.3 Å². The average Bonchev–Trinajstić information content (AvgIpc) is 2.96. The fourth-order valence-electron chi connectivity index (χ4n) is 3.68. The minimum atomic E-state index is 0.197. The first-order valence-electron chi connectivity index (χ1n) is 8.12. The summed E-state index contributed by atoms with van der Waals surface area (Å²) in [5.41, 5.74) is 8.65. The van der Waals surface area contributed by atoms with Gasteiger partial charge in [-0.2, -0.15) is 0 Å². The van der Waals surface area contributed by atoms with Crippen LogP contribution < -0.4 is 10.6 Å². The second-order valence-corrected chi connectivity index (χ2v) is 6.63. The van der Waals surface area contributed by atoms with Crippen LogP contribution in [0.25, 0.3) is 0 Å². The topological polar surface area (TPSA) is 38.5 Å². The monoisotopic (exact) mass is 308 g/mol. The van der Waals surface area contributed by atoms with Gasteiger partial charge in [0.2, 0.25) is 0 Å². The Morgan fingerprint density at radius 3 is 3.10 bits per heavy atom. The van der Waals surface area contributed by atoms with Gasteiger partial charge < -0.3 is 15.4 Å². The first-order valence-corrected chi connectivity index (χ1v) is 8.49. The molecule has 3 atom stereocenters. The Balaban J connectivity index is 1.92. The molecule has 3 unspecified atom stereocenters. The zero-order chi connectivity index (χ0) is 14.8. The maximum absolute atomic E-state index is 6.56. The minimum absolute atomic E-state index is 0.197. The van der Waals surface area contributed by atoms with Crippen molar-refractivity contribution in [2.24, 2.45) is 5.73 Å². The van der Waals surface area contributed by atoms with E-state index in [1.54, 1.807) is 0 Å². The van der Waals surface area contributed by atoms with Crippen molar-refractivity contribution in [3.8, 4) is 0 Å². The van der Waals surface area contributed by atoms with Gasteiger partial charge in [0.15, 0.2) is 0 Å². The number of morpholine rings is 1. The van der Waals surface area contributed by atoms with Crippen molar-refractivity contribution in [3.63, 3.8) is 0 Å². The van der Waals surface area contributed by atoms with Gasteiger partial charge in [0.1, 0.15) is 0 Å². The molecule has 1 aliphatic heterocycles. The highest BCUT2D eigenvalue weighted by atomic mass is 35.5. The van der Waals surface area contributed by atoms with E-state index in [1.807, 2.05) is 12.1 Å². The third-order valence-corrected chi connectivity index (χ3v) is 5.15. The van der Waals surface area contributed by atoms with E-state index in [4.69, 9.17) is 22.1 Å². The third-order valence-electron chi connectivity index (χ3n) is 4.85. The number of nitrogens with zero attached hydrogens (tertiary/aromatic N) is 1. The first-order chi connectivity index (χ1) is 10.2. The van der Waals surface area contributed by atoms with Crippen molar-refractivity contribution in [3.05, 3.63) is 28.8 Å². The Bertz CT molecular complexity index is 494. The molecule has 0 bridgehead atoms. The van der Waals surface area contributed by atoms with E-state index in [0.717, 1.165) is 31.0 Å². The van der Waals surface area contributed by atoms with E-state index in [0.29, 0.717) is 12.1 Å². The number of nitrogens with two attached hydrogens (primary N) is 1. The van der Waals surface area contributed by atoms with Crippen LogP contribution >= 0.6 is 11.6 Å². The van der Waals surface area contributed by atoms with Gasteiger partial charge >= 0.3 is 0 Å². The normalized spacial score (nSPS) is 26.7. The molecule has 2 aliphatic rings. The van der Waals surface area contributed by atoms with Crippen LogP contribution in [0.2, 0.25) is 5.02 Å². The van der Waals surface area contributed by atoms with E-state index in [-0.39, 0.29) is 6.04 Å². The number of rotatable bonds is 4. The highest BCUT2D eigenvalue weighted by molar-refractivity contribution is 6.33. The van der Waals surface area contributed by atoms with E-state index in [1.165, 1.54) is 30.5 Å². The third kappa shape index (κ3) is 3.05. The number of fused-ring (bicyclic) bond motifs is 1. The zero-order valence-corrected chi connectivity index (χ0v) is 13.5. The molecule has 116 valence electrons. The van der Waals surface area contributed by atoms with Gasteiger partial charge in [-0.3, -0.25) is 0 Å². The molecule has 1 aliphatic carbocycles. The standard InChI is InChI=1S/C17H25ClN2O/c1-2-13(19)11-12-5-3-6-14(18)17(12)20-9-10-21-16-8-4-7-15(16)20/h3,5-6,13,15-16H,2,4,7-11,19H2,1H3. The van der Waals surface area contributed by atoms with E-state index in [9.17, 15) is 0 Å². The largest absolute Gasteiger partial charge is 0.374 e. The van der Waals surface area contributed by atoms with Crippen LogP contribution in [0, 0.1) is 0 Å². The lowest BCUT2D eigenvalue weighted by atomic mass is 10.00. The number of hydrogen-bond acceptors (Lipinski definition) is 3. The quantitative estimate of drug-likeness (QED) is 0.926. The lowest BCUT2D eigenvalue weighted by Crippen LogP contribution is -2.49. The molecule has 4 heteroatoms. The number of halogens is 1. The summed E-state index contributed by atoms with van der Waals surface area (Å²) in [5.74, 6) is 0. The smallest absolute Gasteiger partial charge is 0.0779 e. The molecule has 0 radical (unpaired) electrons. The molecular formula is C17H25ClN2O. The van der Waals surface area contributed by atoms with Gasteiger partial charge in [-0.25, -0.2) is 0 Å². The highest BCUT2D eigenvalue weighted by Gasteiger charge is 2.37. The van der Waals surface area contributed by atoms with Crippen molar-refractivity contribution in [2.45, 2.75) is 57.2 Å². The Morgan fingerprint density at radius 1 is 1.43 bits per heavy atom. The fraction of sp³-hybridized carbons (Fsp3) is 0.647. The molecule has 3 rings (SSSR count). The molecule has 1 saturated carbocycles. The van der Waals surface area contributed by atoms with Gasteiger partial charge in [0.25, 0.3) is 0 Å². The predicted octanol–water partition coefficient (Wildman–Crippen LogP) is 3.38. The van der Waals surface area contributed by atoms with Crippen LogP contribution in [0.4, 0.5) is 5.69 Å². The van der Waals surface area contributed by atoms with Gasteiger partial charge in [-0.15, -0.1) is 0 Å². The van der Waals surface area contributed by atoms with Crippen molar-refractivity contribution >= 4 is 17.3 Å². The Morgan fingerprint density at radius 2 is 2.29 bits per heavy atom. The molecule has 2 N–H and O–H groups in total. The molecule has 1 aromatic rings. The molecule has 0 amide bonds. The summed E-state index contributed by atoms with van der Waals surface area (Å²) in [4.78, 5) is 2.49. The maximum Gasteiger partial charge on any atom is 0.0779 e. The second kappa shape index (κ2) is 6.55. The van der Waals surface area contributed by atoms with Gasteiger partial charge in [0, 0.05) is 12.6 Å². The number of ether oxygens (including phenoxy) is 1. The lowest BCUT2D eigenvalue weighted by Gasteiger charge is -2.41. The second-order valence-electron chi connectivity index (χ2n) is 6.22. The zero-order valence-electron chi connectivity index (χ0n) is 12.7. The van der Waals surface area contributed by atoms with Crippen LogP contribution in [0.3, 0.4) is 0 Å². The van der Waals surface area contributed by atoms with Crippen molar-refractivity contribution in [1.82, 2.24) is 0 Å². The summed E-state index contributed by atoms with van der Waals surface area (Å²) in [6.45, 7) is 3.86. The summed E-state index contributed by atoms with van der Waals surface area (Å²) in [6.07, 6.45) is 5.88. The summed E-state index contributed by atoms with van der Waals surface area (Å²) < 4.78 is 5.93. The van der Waals surface area contributed by atoms with Gasteiger partial charge in [-0.05, 0) is 43.7 Å². The molecule has 1 heterocycles. The molecule has 1 aromatic carbocycles. The summed E-state index contributed by atoms with van der Waals surface area (Å²) in [7, 11) is 0. The lowest BCUT2D eigenvalue weighted by molar-refractivity contribution is 0.0256. The van der Waals surface area contributed by atoms with Crippen molar-refractivity contribution < 1.29 is 4.74 Å².